The highest BCUT2D eigenvalue weighted by Crippen LogP contribution is 2.33. The molecule has 2 aromatic carbocycles. The molecule has 2 aliphatic rings. The summed E-state index contributed by atoms with van der Waals surface area (Å²) in [6, 6.07) is 11.3. The normalized spacial score (nSPS) is 19.7. The van der Waals surface area contributed by atoms with E-state index in [9.17, 15) is 19.7 Å². The molecule has 2 heterocycles. The van der Waals surface area contributed by atoms with Gasteiger partial charge in [0.05, 0.1) is 4.92 Å². The fraction of sp³-hybridized carbons (Fsp3) is 0.364. The van der Waals surface area contributed by atoms with Gasteiger partial charge in [-0.1, -0.05) is 19.1 Å². The highest BCUT2D eigenvalue weighted by atomic mass is 16.6. The molecule has 2 aromatic rings. The minimum Gasteiger partial charge on any atom is -0.485 e. The molecule has 0 bridgehead atoms. The Bertz CT molecular complexity index is 1040. The van der Waals surface area contributed by atoms with Crippen LogP contribution in [0, 0.1) is 16.0 Å². The van der Waals surface area contributed by atoms with Crippen molar-refractivity contribution in [3.05, 3.63) is 58.1 Å². The van der Waals surface area contributed by atoms with Gasteiger partial charge in [0.25, 0.3) is 17.5 Å². The van der Waals surface area contributed by atoms with Crippen LogP contribution in [0.5, 0.6) is 11.5 Å². The van der Waals surface area contributed by atoms with Gasteiger partial charge in [0.2, 0.25) is 6.10 Å². The molecule has 168 valence electrons. The molecule has 0 aliphatic carbocycles. The first-order chi connectivity index (χ1) is 15.4. The first kappa shape index (κ1) is 21.4. The van der Waals surface area contributed by atoms with Crippen LogP contribution in [0.1, 0.15) is 30.1 Å². The molecule has 0 radical (unpaired) electrons. The largest absolute Gasteiger partial charge is 0.485 e. The Morgan fingerprint density at radius 2 is 1.94 bits per heavy atom. The molecular formula is C22H24N4O6. The molecule has 2 amide bonds. The van der Waals surface area contributed by atoms with Crippen LogP contribution in [-0.4, -0.2) is 42.5 Å². The van der Waals surface area contributed by atoms with Crippen molar-refractivity contribution in [3.63, 3.8) is 0 Å². The summed E-state index contributed by atoms with van der Waals surface area (Å²) in [7, 11) is 0. The summed E-state index contributed by atoms with van der Waals surface area (Å²) in [6.07, 6.45) is 1.11. The van der Waals surface area contributed by atoms with Crippen molar-refractivity contribution >= 4 is 23.2 Å². The highest BCUT2D eigenvalue weighted by molar-refractivity contribution is 5.97. The lowest BCUT2D eigenvalue weighted by molar-refractivity contribution is -0.384. The van der Waals surface area contributed by atoms with Gasteiger partial charge in [-0.15, -0.1) is 0 Å². The molecule has 4 rings (SSSR count). The van der Waals surface area contributed by atoms with Crippen LogP contribution in [0.25, 0.3) is 0 Å². The predicted octanol–water partition coefficient (Wildman–Crippen LogP) is 2.43. The average molecular weight is 440 g/mol. The molecular weight excluding hydrogens is 416 g/mol. The number of piperidine rings is 1. The van der Waals surface area contributed by atoms with Crippen LogP contribution >= 0.6 is 0 Å². The second kappa shape index (κ2) is 9.13. The molecule has 10 heteroatoms. The SMILES string of the molecule is C[C@@H]1CCCN(c2ccc(C(=O)NNC(=O)[C@@H]3COc4ccccc4O3)cc2[N+](=O)[O-])C1. The summed E-state index contributed by atoms with van der Waals surface area (Å²) in [5, 5.41) is 11.6. The fourth-order valence-electron chi connectivity index (χ4n) is 3.91. The third kappa shape index (κ3) is 4.58. The van der Waals surface area contributed by atoms with E-state index in [-0.39, 0.29) is 17.9 Å². The third-order valence-electron chi connectivity index (χ3n) is 5.53. The highest BCUT2D eigenvalue weighted by Gasteiger charge is 2.28. The minimum absolute atomic E-state index is 0.00680. The maximum absolute atomic E-state index is 12.5. The van der Waals surface area contributed by atoms with E-state index in [2.05, 4.69) is 17.8 Å². The number of benzene rings is 2. The fourth-order valence-corrected chi connectivity index (χ4v) is 3.91. The number of rotatable bonds is 4. The lowest BCUT2D eigenvalue weighted by Gasteiger charge is -2.32. The number of hydrogen-bond donors (Lipinski definition) is 2. The van der Waals surface area contributed by atoms with Gasteiger partial charge in [0.1, 0.15) is 12.3 Å². The van der Waals surface area contributed by atoms with E-state index in [4.69, 9.17) is 9.47 Å². The number of ether oxygens (including phenoxy) is 2. The number of nitrogens with one attached hydrogen (secondary N) is 2. The van der Waals surface area contributed by atoms with E-state index in [1.165, 1.54) is 12.1 Å². The van der Waals surface area contributed by atoms with Crippen molar-refractivity contribution in [1.82, 2.24) is 10.9 Å². The number of carbonyl (C=O) groups excluding carboxylic acids is 2. The molecule has 2 aliphatic heterocycles. The van der Waals surface area contributed by atoms with Gasteiger partial charge in [0, 0.05) is 24.7 Å². The summed E-state index contributed by atoms with van der Waals surface area (Å²) >= 11 is 0. The number of para-hydroxylation sites is 2. The van der Waals surface area contributed by atoms with E-state index >= 15 is 0 Å². The number of hydrogen-bond acceptors (Lipinski definition) is 7. The first-order valence-electron chi connectivity index (χ1n) is 10.4. The lowest BCUT2D eigenvalue weighted by atomic mass is 9.99. The predicted molar refractivity (Wildman–Crippen MR) is 116 cm³/mol. The first-order valence-corrected chi connectivity index (χ1v) is 10.4. The number of fused-ring (bicyclic) bond motifs is 1. The van der Waals surface area contributed by atoms with Crippen molar-refractivity contribution in [2.24, 2.45) is 5.92 Å². The van der Waals surface area contributed by atoms with Gasteiger partial charge in [-0.3, -0.25) is 30.6 Å². The Morgan fingerprint density at radius 3 is 2.69 bits per heavy atom. The Balaban J connectivity index is 1.40. The van der Waals surface area contributed by atoms with Gasteiger partial charge in [-0.05, 0) is 43.0 Å². The number of anilines is 1. The molecule has 32 heavy (non-hydrogen) atoms. The van der Waals surface area contributed by atoms with Crippen molar-refractivity contribution in [3.8, 4) is 11.5 Å². The molecule has 0 spiro atoms. The third-order valence-corrected chi connectivity index (χ3v) is 5.53. The average Bonchev–Trinajstić information content (AvgIpc) is 2.81. The smallest absolute Gasteiger partial charge is 0.293 e. The summed E-state index contributed by atoms with van der Waals surface area (Å²) < 4.78 is 11.1. The van der Waals surface area contributed by atoms with Crippen LogP contribution in [0.3, 0.4) is 0 Å². The van der Waals surface area contributed by atoms with E-state index in [0.717, 1.165) is 25.9 Å². The van der Waals surface area contributed by atoms with Gasteiger partial charge >= 0.3 is 0 Å². The lowest BCUT2D eigenvalue weighted by Crippen LogP contribution is -2.50. The zero-order valence-electron chi connectivity index (χ0n) is 17.6. The van der Waals surface area contributed by atoms with E-state index < -0.39 is 22.8 Å². The van der Waals surface area contributed by atoms with E-state index in [1.54, 1.807) is 30.3 Å². The number of hydrazine groups is 1. The van der Waals surface area contributed by atoms with Gasteiger partial charge in [-0.2, -0.15) is 0 Å². The maximum atomic E-state index is 12.5. The Hall–Kier alpha value is -3.82. The number of amides is 2. The van der Waals surface area contributed by atoms with E-state index in [0.29, 0.717) is 23.1 Å². The molecule has 2 N–H and O–H groups in total. The molecule has 1 fully saturated rings. The van der Waals surface area contributed by atoms with Gasteiger partial charge < -0.3 is 14.4 Å². The Morgan fingerprint density at radius 1 is 1.16 bits per heavy atom. The summed E-state index contributed by atoms with van der Waals surface area (Å²) in [4.78, 5) is 38.0. The van der Waals surface area contributed by atoms with Crippen molar-refractivity contribution in [2.45, 2.75) is 25.9 Å². The zero-order valence-corrected chi connectivity index (χ0v) is 17.6. The zero-order chi connectivity index (χ0) is 22.7. The Kier molecular flexibility index (Phi) is 6.11. The second-order valence-electron chi connectivity index (χ2n) is 7.96. The van der Waals surface area contributed by atoms with Crippen LogP contribution in [0.15, 0.2) is 42.5 Å². The summed E-state index contributed by atoms with van der Waals surface area (Å²) in [5.41, 5.74) is 4.99. The monoisotopic (exact) mass is 440 g/mol. The molecule has 0 unspecified atom stereocenters. The summed E-state index contributed by atoms with van der Waals surface area (Å²) in [6.45, 7) is 3.57. The Labute approximate surface area is 184 Å². The second-order valence-corrected chi connectivity index (χ2v) is 7.96. The van der Waals surface area contributed by atoms with Crippen molar-refractivity contribution in [1.29, 1.82) is 0 Å². The van der Waals surface area contributed by atoms with Crippen LogP contribution < -0.4 is 25.2 Å². The van der Waals surface area contributed by atoms with Crippen LogP contribution in [0.2, 0.25) is 0 Å². The van der Waals surface area contributed by atoms with Crippen LogP contribution in [-0.2, 0) is 4.79 Å². The van der Waals surface area contributed by atoms with Crippen molar-refractivity contribution in [2.75, 3.05) is 24.6 Å². The number of carbonyl (C=O) groups is 2. The van der Waals surface area contributed by atoms with Gasteiger partial charge in [-0.25, -0.2) is 0 Å². The minimum atomic E-state index is -0.942. The summed E-state index contributed by atoms with van der Waals surface area (Å²) in [5.74, 6) is 0.150. The molecule has 0 aromatic heterocycles. The quantitative estimate of drug-likeness (QED) is 0.553. The number of nitrogens with zero attached hydrogens (tertiary/aromatic N) is 2. The van der Waals surface area contributed by atoms with Gasteiger partial charge in [0.15, 0.2) is 11.5 Å². The van der Waals surface area contributed by atoms with Crippen LogP contribution in [0.4, 0.5) is 11.4 Å². The molecule has 2 atom stereocenters. The number of nitro groups is 1. The topological polar surface area (TPSA) is 123 Å². The molecule has 1 saturated heterocycles. The van der Waals surface area contributed by atoms with Crippen molar-refractivity contribution < 1.29 is 24.0 Å². The molecule has 0 saturated carbocycles. The molecule has 10 nitrogen and oxygen atoms in total. The standard InChI is InChI=1S/C22H24N4O6/c1-14-5-4-10-25(12-14)16-9-8-15(11-17(16)26(29)30)21(27)23-24-22(28)20-13-31-18-6-2-3-7-19(18)32-20/h2-3,6-9,11,14,20H,4-5,10,12-13H2,1H3,(H,23,27)(H,24,28)/t14-,20+/m1/s1. The maximum Gasteiger partial charge on any atom is 0.293 e. The number of nitro benzene ring substituents is 1. The van der Waals surface area contributed by atoms with E-state index in [1.807, 2.05) is 4.90 Å².